The molecule has 0 fully saturated rings. The smallest absolute Gasteiger partial charge is 0.313 e. The molecule has 0 spiro atoms. The van der Waals surface area contributed by atoms with E-state index in [2.05, 4.69) is 20.9 Å². The Balaban J connectivity index is 2.36. The molecule has 0 aliphatic heterocycles. The third-order valence-electron chi connectivity index (χ3n) is 2.50. The first-order chi connectivity index (χ1) is 8.99. The van der Waals surface area contributed by atoms with E-state index in [4.69, 9.17) is 4.74 Å². The van der Waals surface area contributed by atoms with Gasteiger partial charge in [-0.25, -0.2) is 9.37 Å². The van der Waals surface area contributed by atoms with Gasteiger partial charge in [-0.1, -0.05) is 0 Å². The maximum atomic E-state index is 13.4. The monoisotopic (exact) mass is 326 g/mol. The molecule has 0 saturated heterocycles. The van der Waals surface area contributed by atoms with Crippen LogP contribution in [0.25, 0.3) is 0 Å². The summed E-state index contributed by atoms with van der Waals surface area (Å²) in [7, 11) is 0. The van der Waals surface area contributed by atoms with Crippen LogP contribution in [0.4, 0.5) is 4.39 Å². The second-order valence-corrected chi connectivity index (χ2v) is 5.07. The molecule has 0 amide bonds. The van der Waals surface area contributed by atoms with Gasteiger partial charge < -0.3 is 9.30 Å². The van der Waals surface area contributed by atoms with Gasteiger partial charge in [0.1, 0.15) is 11.6 Å². The van der Waals surface area contributed by atoms with Crippen molar-refractivity contribution >= 4 is 15.9 Å². The molecule has 4 nitrogen and oxygen atoms in total. The van der Waals surface area contributed by atoms with Crippen LogP contribution >= 0.6 is 15.9 Å². The van der Waals surface area contributed by atoms with Crippen molar-refractivity contribution in [2.24, 2.45) is 0 Å². The summed E-state index contributed by atoms with van der Waals surface area (Å²) in [5.74, 6) is -0.303. The van der Waals surface area contributed by atoms with E-state index in [1.54, 1.807) is 12.3 Å². The third kappa shape index (κ3) is 3.01. The Kier molecular flexibility index (Phi) is 3.99. The molecule has 6 heteroatoms. The minimum Gasteiger partial charge on any atom is -0.435 e. The Morgan fingerprint density at radius 3 is 2.79 bits per heavy atom. The average molecular weight is 327 g/mol. The summed E-state index contributed by atoms with van der Waals surface area (Å²) < 4.78 is 20.5. The lowest BCUT2D eigenvalue weighted by molar-refractivity contribution is 0.433. The number of halogens is 2. The van der Waals surface area contributed by atoms with Crippen LogP contribution in [0, 0.1) is 5.82 Å². The second kappa shape index (κ2) is 5.52. The van der Waals surface area contributed by atoms with Crippen molar-refractivity contribution in [1.29, 1.82) is 0 Å². The molecular weight excluding hydrogens is 315 g/mol. The van der Waals surface area contributed by atoms with Crippen molar-refractivity contribution in [1.82, 2.24) is 9.55 Å². The summed E-state index contributed by atoms with van der Waals surface area (Å²) >= 11 is 3.05. The molecule has 2 aromatic rings. The lowest BCUT2D eigenvalue weighted by Crippen LogP contribution is -2.23. The van der Waals surface area contributed by atoms with E-state index < -0.39 is 5.82 Å². The first kappa shape index (κ1) is 13.7. The van der Waals surface area contributed by atoms with Crippen LogP contribution in [0.1, 0.15) is 19.9 Å². The van der Waals surface area contributed by atoms with Crippen molar-refractivity contribution in [2.45, 2.75) is 19.9 Å². The van der Waals surface area contributed by atoms with Gasteiger partial charge >= 0.3 is 5.56 Å². The van der Waals surface area contributed by atoms with Gasteiger partial charge in [0.25, 0.3) is 5.88 Å². The fraction of sp³-hybridized carbons (Fsp3) is 0.231. The van der Waals surface area contributed by atoms with E-state index in [-0.39, 0.29) is 23.2 Å². The van der Waals surface area contributed by atoms with Crippen molar-refractivity contribution in [3.8, 4) is 11.6 Å². The molecule has 100 valence electrons. The highest BCUT2D eigenvalue weighted by molar-refractivity contribution is 9.10. The number of hydrogen-bond donors (Lipinski definition) is 0. The van der Waals surface area contributed by atoms with Gasteiger partial charge in [-0.3, -0.25) is 4.79 Å². The number of aromatic nitrogens is 2. The molecule has 19 heavy (non-hydrogen) atoms. The highest BCUT2D eigenvalue weighted by Crippen LogP contribution is 2.23. The third-order valence-corrected chi connectivity index (χ3v) is 3.14. The molecule has 0 atom stereocenters. The Bertz CT molecular complexity index is 655. The zero-order valence-electron chi connectivity index (χ0n) is 10.4. The SMILES string of the molecule is CC(C)n1ccnc(Oc2ccc(Br)c(F)c2)c1=O. The standard InChI is InChI=1S/C13H12BrFN2O2/c1-8(2)17-6-5-16-12(13(17)18)19-9-3-4-10(14)11(15)7-9/h3-8H,1-2H3. The molecular formula is C13H12BrFN2O2. The Morgan fingerprint density at radius 1 is 1.42 bits per heavy atom. The first-order valence-corrected chi connectivity index (χ1v) is 6.48. The second-order valence-electron chi connectivity index (χ2n) is 4.22. The van der Waals surface area contributed by atoms with Crippen molar-refractivity contribution < 1.29 is 9.13 Å². The van der Waals surface area contributed by atoms with Gasteiger partial charge in [0.15, 0.2) is 0 Å². The largest absolute Gasteiger partial charge is 0.435 e. The summed E-state index contributed by atoms with van der Waals surface area (Å²) in [6.45, 7) is 3.76. The van der Waals surface area contributed by atoms with Crippen LogP contribution in [-0.4, -0.2) is 9.55 Å². The Labute approximate surface area is 118 Å². The normalized spacial score (nSPS) is 10.8. The quantitative estimate of drug-likeness (QED) is 0.866. The molecule has 0 N–H and O–H groups in total. The molecule has 0 saturated carbocycles. The molecule has 0 unspecified atom stereocenters. The minimum atomic E-state index is -0.461. The summed E-state index contributed by atoms with van der Waals surface area (Å²) in [6.07, 6.45) is 3.06. The van der Waals surface area contributed by atoms with E-state index in [1.165, 1.54) is 22.9 Å². The molecule has 0 radical (unpaired) electrons. The van der Waals surface area contributed by atoms with Crippen LogP contribution in [0.5, 0.6) is 11.6 Å². The predicted molar refractivity (Wildman–Crippen MR) is 73.1 cm³/mol. The maximum absolute atomic E-state index is 13.4. The summed E-state index contributed by atoms with van der Waals surface area (Å²) in [5.41, 5.74) is -0.346. The zero-order valence-corrected chi connectivity index (χ0v) is 12.0. The fourth-order valence-corrected chi connectivity index (χ4v) is 1.78. The number of benzene rings is 1. The lowest BCUT2D eigenvalue weighted by atomic mass is 10.3. The van der Waals surface area contributed by atoms with E-state index in [1.807, 2.05) is 13.8 Å². The summed E-state index contributed by atoms with van der Waals surface area (Å²) in [5, 5.41) is 0. The average Bonchev–Trinajstić information content (AvgIpc) is 2.36. The first-order valence-electron chi connectivity index (χ1n) is 5.69. The molecule has 0 bridgehead atoms. The van der Waals surface area contributed by atoms with Crippen LogP contribution in [0.15, 0.2) is 39.9 Å². The van der Waals surface area contributed by atoms with Gasteiger partial charge in [-0.15, -0.1) is 0 Å². The van der Waals surface area contributed by atoms with Crippen LogP contribution < -0.4 is 10.3 Å². The van der Waals surface area contributed by atoms with Crippen molar-refractivity contribution in [3.63, 3.8) is 0 Å². The van der Waals surface area contributed by atoms with Gasteiger partial charge in [0, 0.05) is 24.5 Å². The molecule has 2 rings (SSSR count). The Morgan fingerprint density at radius 2 is 2.16 bits per heavy atom. The minimum absolute atomic E-state index is 0.000459. The highest BCUT2D eigenvalue weighted by Gasteiger charge is 2.10. The molecule has 1 aromatic heterocycles. The molecule has 0 aliphatic rings. The van der Waals surface area contributed by atoms with E-state index in [0.29, 0.717) is 4.47 Å². The summed E-state index contributed by atoms with van der Waals surface area (Å²) in [4.78, 5) is 15.9. The number of ether oxygens (including phenoxy) is 1. The van der Waals surface area contributed by atoms with Crippen molar-refractivity contribution in [3.05, 3.63) is 51.2 Å². The molecule has 1 aromatic carbocycles. The lowest BCUT2D eigenvalue weighted by Gasteiger charge is -2.11. The van der Waals surface area contributed by atoms with Gasteiger partial charge in [0.05, 0.1) is 4.47 Å². The van der Waals surface area contributed by atoms with Crippen LogP contribution in [0.2, 0.25) is 0 Å². The topological polar surface area (TPSA) is 44.1 Å². The fourth-order valence-electron chi connectivity index (χ4n) is 1.53. The zero-order chi connectivity index (χ0) is 14.0. The van der Waals surface area contributed by atoms with Crippen molar-refractivity contribution in [2.75, 3.05) is 0 Å². The van der Waals surface area contributed by atoms with Crippen LogP contribution in [0.3, 0.4) is 0 Å². The maximum Gasteiger partial charge on any atom is 0.313 e. The summed E-state index contributed by atoms with van der Waals surface area (Å²) in [6, 6.07) is 4.26. The highest BCUT2D eigenvalue weighted by atomic mass is 79.9. The Hall–Kier alpha value is -1.69. The number of rotatable bonds is 3. The van der Waals surface area contributed by atoms with E-state index in [0.717, 1.165) is 0 Å². The van der Waals surface area contributed by atoms with Gasteiger partial charge in [-0.05, 0) is 41.9 Å². The van der Waals surface area contributed by atoms with Gasteiger partial charge in [-0.2, -0.15) is 0 Å². The van der Waals surface area contributed by atoms with Gasteiger partial charge in [0.2, 0.25) is 0 Å². The number of hydrogen-bond acceptors (Lipinski definition) is 3. The predicted octanol–water partition coefficient (Wildman–Crippen LogP) is 3.52. The molecule has 0 aliphatic carbocycles. The van der Waals surface area contributed by atoms with Crippen LogP contribution in [-0.2, 0) is 0 Å². The molecule has 1 heterocycles. The number of nitrogens with zero attached hydrogens (tertiary/aromatic N) is 2. The van der Waals surface area contributed by atoms with E-state index >= 15 is 0 Å². The van der Waals surface area contributed by atoms with E-state index in [9.17, 15) is 9.18 Å².